The lowest BCUT2D eigenvalue weighted by Crippen LogP contribution is -2.57. The Hall–Kier alpha value is -3.76. The topological polar surface area (TPSA) is 101 Å². The molecule has 10 heteroatoms. The highest BCUT2D eigenvalue weighted by atomic mass is 19.1. The van der Waals surface area contributed by atoms with Gasteiger partial charge in [-0.25, -0.2) is 14.4 Å². The van der Waals surface area contributed by atoms with Crippen LogP contribution in [0.25, 0.3) is 11.3 Å². The molecule has 0 bridgehead atoms. The monoisotopic (exact) mass is 542 g/mol. The van der Waals surface area contributed by atoms with E-state index in [1.54, 1.807) is 6.07 Å². The third-order valence-electron chi connectivity index (χ3n) is 8.68. The van der Waals surface area contributed by atoms with Gasteiger partial charge in [0.1, 0.15) is 11.4 Å². The Morgan fingerprint density at radius 3 is 2.80 bits per heavy atom. The summed E-state index contributed by atoms with van der Waals surface area (Å²) in [5.41, 5.74) is 3.88. The number of hydrogen-bond donors (Lipinski definition) is 3. The molecule has 1 spiro atoms. The zero-order valence-electron chi connectivity index (χ0n) is 22.1. The van der Waals surface area contributed by atoms with Crippen LogP contribution in [0.15, 0.2) is 42.6 Å². The Labute approximate surface area is 231 Å². The molecule has 0 radical (unpaired) electrons. The summed E-state index contributed by atoms with van der Waals surface area (Å²) in [6.07, 6.45) is 5.59. The molecule has 1 atom stereocenters. The molecule has 3 aliphatic heterocycles. The second-order valence-electron chi connectivity index (χ2n) is 11.6. The van der Waals surface area contributed by atoms with E-state index in [2.05, 4.69) is 43.0 Å². The van der Waals surface area contributed by atoms with Gasteiger partial charge in [-0.3, -0.25) is 4.79 Å². The van der Waals surface area contributed by atoms with Crippen molar-refractivity contribution in [3.63, 3.8) is 0 Å². The number of amides is 1. The molecule has 206 valence electrons. The van der Waals surface area contributed by atoms with Gasteiger partial charge in [-0.2, -0.15) is 0 Å². The number of fused-ring (bicyclic) bond motifs is 2. The number of hydrogen-bond acceptors (Lipinski definition) is 8. The average Bonchev–Trinajstić information content (AvgIpc) is 3.88. The normalized spacial score (nSPS) is 23.0. The molecule has 9 nitrogen and oxygen atoms in total. The molecule has 40 heavy (non-hydrogen) atoms. The minimum Gasteiger partial charge on any atom is -0.488 e. The molecule has 4 fully saturated rings. The van der Waals surface area contributed by atoms with Crippen LogP contribution in [-0.2, 0) is 10.3 Å². The van der Waals surface area contributed by atoms with Gasteiger partial charge < -0.3 is 30.3 Å². The van der Waals surface area contributed by atoms with E-state index in [1.165, 1.54) is 6.20 Å². The lowest BCUT2D eigenvalue weighted by Gasteiger charge is -2.45. The van der Waals surface area contributed by atoms with Crippen LogP contribution < -0.4 is 25.6 Å². The molecule has 8 rings (SSSR count). The summed E-state index contributed by atoms with van der Waals surface area (Å²) >= 11 is 0. The molecule has 5 aliphatic rings. The predicted molar refractivity (Wildman–Crippen MR) is 147 cm³/mol. The highest BCUT2D eigenvalue weighted by Crippen LogP contribution is 2.50. The van der Waals surface area contributed by atoms with Crippen molar-refractivity contribution in [3.8, 4) is 17.0 Å². The molecule has 3 N–H and O–H groups in total. The summed E-state index contributed by atoms with van der Waals surface area (Å²) in [5.74, 6) is 0.834. The van der Waals surface area contributed by atoms with Crippen molar-refractivity contribution in [2.75, 3.05) is 43.0 Å². The molecule has 1 aromatic heterocycles. The van der Waals surface area contributed by atoms with Crippen molar-refractivity contribution in [3.05, 3.63) is 59.5 Å². The number of carbonyl (C=O) groups is 1. The van der Waals surface area contributed by atoms with Crippen LogP contribution in [-0.4, -0.2) is 60.9 Å². The molecule has 3 aromatic rings. The SMILES string of the molecule is O=C1NC2(CC2)c2ccc(-c3nc(Nc4cc(N5CC(C6CNCCO6)C5)ccc4OC4CC4)ncc3F)cc21. The van der Waals surface area contributed by atoms with Crippen molar-refractivity contribution < 1.29 is 18.7 Å². The van der Waals surface area contributed by atoms with E-state index in [-0.39, 0.29) is 35.3 Å². The van der Waals surface area contributed by atoms with Crippen LogP contribution in [0.2, 0.25) is 0 Å². The average molecular weight is 543 g/mol. The van der Waals surface area contributed by atoms with Crippen molar-refractivity contribution >= 4 is 23.2 Å². The van der Waals surface area contributed by atoms with Gasteiger partial charge in [-0.15, -0.1) is 0 Å². The Kier molecular flexibility index (Phi) is 5.50. The summed E-state index contributed by atoms with van der Waals surface area (Å²) in [7, 11) is 0. The maximum atomic E-state index is 15.0. The number of rotatable bonds is 7. The molecular formula is C30H31FN6O3. The van der Waals surface area contributed by atoms with Crippen LogP contribution in [0.4, 0.5) is 21.7 Å². The van der Waals surface area contributed by atoms with E-state index in [4.69, 9.17) is 9.47 Å². The Balaban J connectivity index is 1.06. The van der Waals surface area contributed by atoms with E-state index in [1.807, 2.05) is 18.2 Å². The van der Waals surface area contributed by atoms with E-state index < -0.39 is 5.82 Å². The number of nitrogens with one attached hydrogen (secondary N) is 3. The molecule has 4 heterocycles. The standard InChI is InChI=1S/C30H31FN6O3/c31-23-13-33-29(35-27(23)17-1-5-22-21(11-17)28(38)36-30(22)7-8-30)34-24-12-19(2-6-25(24)40-20-3-4-20)37-15-18(16-37)26-14-32-9-10-39-26/h1-2,5-6,11-13,18,20,26,32H,3-4,7-10,14-16H2,(H,36,38)(H,33,34,35). The molecule has 2 saturated heterocycles. The van der Waals surface area contributed by atoms with E-state index in [0.29, 0.717) is 17.0 Å². The molecule has 2 aliphatic carbocycles. The first kappa shape index (κ1) is 24.1. The van der Waals surface area contributed by atoms with Crippen LogP contribution in [0.1, 0.15) is 41.6 Å². The molecule has 1 amide bonds. The van der Waals surface area contributed by atoms with Gasteiger partial charge in [0.15, 0.2) is 5.82 Å². The lowest BCUT2D eigenvalue weighted by molar-refractivity contribution is -0.0167. The van der Waals surface area contributed by atoms with Crippen LogP contribution in [0.3, 0.4) is 0 Å². The molecular weight excluding hydrogens is 511 g/mol. The summed E-state index contributed by atoms with van der Waals surface area (Å²) in [5, 5.41) is 9.78. The fourth-order valence-corrected chi connectivity index (χ4v) is 6.05. The van der Waals surface area contributed by atoms with Gasteiger partial charge in [-0.1, -0.05) is 12.1 Å². The third-order valence-corrected chi connectivity index (χ3v) is 8.68. The summed E-state index contributed by atoms with van der Waals surface area (Å²) in [6.45, 7) is 4.44. The van der Waals surface area contributed by atoms with Gasteiger partial charge in [0.25, 0.3) is 5.91 Å². The van der Waals surface area contributed by atoms with Gasteiger partial charge in [0, 0.05) is 48.9 Å². The third kappa shape index (κ3) is 4.26. The van der Waals surface area contributed by atoms with E-state index in [9.17, 15) is 9.18 Å². The number of halogens is 1. The Bertz CT molecular complexity index is 1490. The van der Waals surface area contributed by atoms with Crippen molar-refractivity contribution in [1.29, 1.82) is 0 Å². The predicted octanol–water partition coefficient (Wildman–Crippen LogP) is 3.72. The fraction of sp³-hybridized carbons (Fsp3) is 0.433. The summed E-state index contributed by atoms with van der Waals surface area (Å²) < 4.78 is 27.1. The van der Waals surface area contributed by atoms with Gasteiger partial charge in [0.05, 0.1) is 36.2 Å². The number of morpholine rings is 1. The van der Waals surface area contributed by atoms with E-state index >= 15 is 0 Å². The van der Waals surface area contributed by atoms with Gasteiger partial charge in [-0.05, 0) is 55.5 Å². The van der Waals surface area contributed by atoms with Crippen molar-refractivity contribution in [2.45, 2.75) is 43.4 Å². The zero-order valence-corrected chi connectivity index (χ0v) is 22.1. The van der Waals surface area contributed by atoms with Gasteiger partial charge >= 0.3 is 0 Å². The largest absolute Gasteiger partial charge is 0.488 e. The minimum atomic E-state index is -0.542. The van der Waals surface area contributed by atoms with Gasteiger partial charge in [0.2, 0.25) is 5.95 Å². The van der Waals surface area contributed by atoms with Crippen LogP contribution >= 0.6 is 0 Å². The first-order valence-corrected chi connectivity index (χ1v) is 14.2. The molecule has 2 aromatic carbocycles. The lowest BCUT2D eigenvalue weighted by atomic mass is 9.92. The smallest absolute Gasteiger partial charge is 0.252 e. The number of anilines is 3. The second kappa shape index (κ2) is 9.14. The first-order valence-electron chi connectivity index (χ1n) is 14.2. The minimum absolute atomic E-state index is 0.111. The molecule has 1 unspecified atom stereocenters. The highest BCUT2D eigenvalue weighted by molar-refractivity contribution is 6.01. The highest BCUT2D eigenvalue weighted by Gasteiger charge is 2.52. The number of aromatic nitrogens is 2. The maximum Gasteiger partial charge on any atom is 0.252 e. The maximum absolute atomic E-state index is 15.0. The Morgan fingerprint density at radius 2 is 2.02 bits per heavy atom. The van der Waals surface area contributed by atoms with Crippen LogP contribution in [0, 0.1) is 11.7 Å². The summed E-state index contributed by atoms with van der Waals surface area (Å²) in [6, 6.07) is 11.6. The number of benzene rings is 2. The fourth-order valence-electron chi connectivity index (χ4n) is 6.05. The second-order valence-corrected chi connectivity index (χ2v) is 11.6. The first-order chi connectivity index (χ1) is 19.5. The van der Waals surface area contributed by atoms with Crippen molar-refractivity contribution in [2.24, 2.45) is 5.92 Å². The number of nitrogens with zero attached hydrogens (tertiary/aromatic N) is 3. The number of ether oxygens (including phenoxy) is 2. The van der Waals surface area contributed by atoms with Crippen LogP contribution in [0.5, 0.6) is 5.75 Å². The van der Waals surface area contributed by atoms with Crippen molar-refractivity contribution in [1.82, 2.24) is 20.6 Å². The molecule has 2 saturated carbocycles. The quantitative estimate of drug-likeness (QED) is 0.416. The Morgan fingerprint density at radius 1 is 1.15 bits per heavy atom. The zero-order chi connectivity index (χ0) is 26.8. The number of carbonyl (C=O) groups excluding carboxylic acids is 1. The summed E-state index contributed by atoms with van der Waals surface area (Å²) in [4.78, 5) is 23.7. The van der Waals surface area contributed by atoms with E-state index in [0.717, 1.165) is 81.2 Å².